The number of hydrogen-bond donors (Lipinski definition) is 3. The lowest BCUT2D eigenvalue weighted by molar-refractivity contribution is 0.0177. The van der Waals surface area contributed by atoms with Crippen molar-refractivity contribution < 1.29 is 5.11 Å². The lowest BCUT2D eigenvalue weighted by Crippen LogP contribution is -2.43. The number of aromatic nitrogens is 2. The van der Waals surface area contributed by atoms with E-state index in [0.717, 1.165) is 24.1 Å². The third kappa shape index (κ3) is 1.58. The van der Waals surface area contributed by atoms with E-state index in [1.165, 1.54) is 6.42 Å². The number of aliphatic hydroxyl groups excluding tert-OH is 1. The molecule has 4 N–H and O–H groups in total. The average molecular weight is 209 g/mol. The smallest absolute Gasteiger partial charge is 0.0519 e. The number of nitrogens with two attached hydrogens (primary N) is 1. The van der Waals surface area contributed by atoms with E-state index in [4.69, 9.17) is 5.73 Å². The van der Waals surface area contributed by atoms with Crippen molar-refractivity contribution in [2.75, 3.05) is 13.2 Å². The number of nitrogens with zero attached hydrogens (tertiary/aromatic N) is 1. The minimum atomic E-state index is 0.00600. The van der Waals surface area contributed by atoms with E-state index in [1.54, 1.807) is 0 Å². The number of nitrogens with one attached hydrogen (secondary N) is 1. The van der Waals surface area contributed by atoms with Gasteiger partial charge in [-0.3, -0.25) is 5.10 Å². The van der Waals surface area contributed by atoms with Crippen molar-refractivity contribution in [1.82, 2.24) is 10.2 Å². The zero-order valence-corrected chi connectivity index (χ0v) is 9.16. The Morgan fingerprint density at radius 2 is 2.40 bits per heavy atom. The predicted octanol–water partition coefficient (Wildman–Crippen LogP) is 0.923. The quantitative estimate of drug-likeness (QED) is 0.690. The van der Waals surface area contributed by atoms with Crippen molar-refractivity contribution in [3.63, 3.8) is 0 Å². The molecule has 15 heavy (non-hydrogen) atoms. The molecule has 4 heteroatoms. The number of H-pyrrole nitrogens is 1. The van der Waals surface area contributed by atoms with Crippen LogP contribution in [0.2, 0.25) is 0 Å². The largest absolute Gasteiger partial charge is 0.396 e. The standard InChI is InChI=1S/C11H19N3O/c1-8-6-13-14-10(8)9(5-12)11(7-15)3-2-4-11/h6,9,15H,2-5,7,12H2,1H3,(H,13,14)/t9-/m1/s1. The van der Waals surface area contributed by atoms with Gasteiger partial charge in [0.15, 0.2) is 0 Å². The van der Waals surface area contributed by atoms with E-state index in [9.17, 15) is 5.11 Å². The number of rotatable bonds is 4. The predicted molar refractivity (Wildman–Crippen MR) is 58.5 cm³/mol. The summed E-state index contributed by atoms with van der Waals surface area (Å²) < 4.78 is 0. The van der Waals surface area contributed by atoms with E-state index in [2.05, 4.69) is 10.2 Å². The maximum Gasteiger partial charge on any atom is 0.0519 e. The Bertz CT molecular complexity index is 325. The van der Waals surface area contributed by atoms with Gasteiger partial charge in [-0.15, -0.1) is 0 Å². The van der Waals surface area contributed by atoms with Crippen molar-refractivity contribution in [3.05, 3.63) is 17.5 Å². The molecular formula is C11H19N3O. The molecular weight excluding hydrogens is 190 g/mol. The average Bonchev–Trinajstić information content (AvgIpc) is 2.58. The van der Waals surface area contributed by atoms with Gasteiger partial charge >= 0.3 is 0 Å². The van der Waals surface area contributed by atoms with E-state index in [1.807, 2.05) is 13.1 Å². The Hall–Kier alpha value is -0.870. The molecule has 1 fully saturated rings. The topological polar surface area (TPSA) is 74.9 Å². The Morgan fingerprint density at radius 3 is 2.73 bits per heavy atom. The Kier molecular flexibility index (Phi) is 2.80. The minimum absolute atomic E-state index is 0.00600. The van der Waals surface area contributed by atoms with Crippen LogP contribution in [0.3, 0.4) is 0 Å². The van der Waals surface area contributed by atoms with Crippen LogP contribution >= 0.6 is 0 Å². The highest BCUT2D eigenvalue weighted by molar-refractivity contribution is 5.23. The van der Waals surface area contributed by atoms with Crippen molar-refractivity contribution in [2.24, 2.45) is 11.1 Å². The molecule has 84 valence electrons. The van der Waals surface area contributed by atoms with Crippen LogP contribution in [0.5, 0.6) is 0 Å². The Labute approximate surface area is 89.9 Å². The highest BCUT2D eigenvalue weighted by Crippen LogP contribution is 2.50. The molecule has 0 aliphatic heterocycles. The molecule has 0 saturated heterocycles. The SMILES string of the molecule is Cc1cn[nH]c1[C@@H](CN)C1(CO)CCC1. The van der Waals surface area contributed by atoms with Gasteiger partial charge in [-0.05, 0) is 25.3 Å². The van der Waals surface area contributed by atoms with Crippen LogP contribution in [0, 0.1) is 12.3 Å². The molecule has 2 rings (SSSR count). The van der Waals surface area contributed by atoms with Crippen molar-refractivity contribution in [2.45, 2.75) is 32.1 Å². The van der Waals surface area contributed by atoms with E-state index in [0.29, 0.717) is 6.54 Å². The molecule has 4 nitrogen and oxygen atoms in total. The summed E-state index contributed by atoms with van der Waals surface area (Å²) >= 11 is 0. The highest BCUT2D eigenvalue weighted by atomic mass is 16.3. The molecule has 0 spiro atoms. The molecule has 1 atom stereocenters. The van der Waals surface area contributed by atoms with Gasteiger partial charge in [-0.2, -0.15) is 5.10 Å². The summed E-state index contributed by atoms with van der Waals surface area (Å²) in [5, 5.41) is 16.6. The molecule has 1 saturated carbocycles. The molecule has 0 radical (unpaired) electrons. The summed E-state index contributed by atoms with van der Waals surface area (Å²) in [5.41, 5.74) is 8.10. The van der Waals surface area contributed by atoms with Gasteiger partial charge in [0.2, 0.25) is 0 Å². The van der Waals surface area contributed by atoms with Crippen LogP contribution in [-0.4, -0.2) is 28.5 Å². The number of aliphatic hydroxyl groups is 1. The van der Waals surface area contributed by atoms with Crippen molar-refractivity contribution >= 4 is 0 Å². The maximum atomic E-state index is 9.54. The van der Waals surface area contributed by atoms with E-state index >= 15 is 0 Å². The zero-order valence-electron chi connectivity index (χ0n) is 9.16. The normalized spacial score (nSPS) is 21.0. The fourth-order valence-corrected chi connectivity index (χ4v) is 2.63. The fraction of sp³-hybridized carbons (Fsp3) is 0.727. The summed E-state index contributed by atoms with van der Waals surface area (Å²) in [6.07, 6.45) is 5.17. The van der Waals surface area contributed by atoms with Crippen LogP contribution < -0.4 is 5.73 Å². The van der Waals surface area contributed by atoms with E-state index < -0.39 is 0 Å². The van der Waals surface area contributed by atoms with E-state index in [-0.39, 0.29) is 17.9 Å². The molecule has 1 heterocycles. The molecule has 0 amide bonds. The van der Waals surface area contributed by atoms with Crippen molar-refractivity contribution in [1.29, 1.82) is 0 Å². The first-order chi connectivity index (χ1) is 7.23. The molecule has 0 bridgehead atoms. The summed E-state index contributed by atoms with van der Waals surface area (Å²) in [4.78, 5) is 0. The number of hydrogen-bond acceptors (Lipinski definition) is 3. The first-order valence-electron chi connectivity index (χ1n) is 5.54. The molecule has 1 aromatic heterocycles. The van der Waals surface area contributed by atoms with Gasteiger partial charge in [-0.1, -0.05) is 6.42 Å². The van der Waals surface area contributed by atoms with Gasteiger partial charge in [0.05, 0.1) is 6.20 Å². The van der Waals surface area contributed by atoms with Gasteiger partial charge in [-0.25, -0.2) is 0 Å². The van der Waals surface area contributed by atoms with Crippen LogP contribution in [0.15, 0.2) is 6.20 Å². The van der Waals surface area contributed by atoms with Gasteiger partial charge in [0, 0.05) is 30.2 Å². The fourth-order valence-electron chi connectivity index (χ4n) is 2.63. The first kappa shape index (κ1) is 10.6. The minimum Gasteiger partial charge on any atom is -0.396 e. The lowest BCUT2D eigenvalue weighted by Gasteiger charge is -2.46. The molecule has 1 aromatic rings. The van der Waals surface area contributed by atoms with Crippen molar-refractivity contribution in [3.8, 4) is 0 Å². The van der Waals surface area contributed by atoms with Gasteiger partial charge in [0.1, 0.15) is 0 Å². The van der Waals surface area contributed by atoms with Crippen LogP contribution in [0.4, 0.5) is 0 Å². The highest BCUT2D eigenvalue weighted by Gasteiger charge is 2.44. The third-order valence-corrected chi connectivity index (χ3v) is 3.86. The third-order valence-electron chi connectivity index (χ3n) is 3.86. The summed E-state index contributed by atoms with van der Waals surface area (Å²) in [6.45, 7) is 2.84. The molecule has 1 aliphatic carbocycles. The number of aromatic amines is 1. The second-order valence-electron chi connectivity index (χ2n) is 4.63. The molecule has 0 aromatic carbocycles. The Balaban J connectivity index is 2.27. The Morgan fingerprint density at radius 1 is 1.67 bits per heavy atom. The summed E-state index contributed by atoms with van der Waals surface area (Å²) in [5.74, 6) is 0.221. The van der Waals surface area contributed by atoms with Gasteiger partial charge in [0.25, 0.3) is 0 Å². The number of aryl methyl sites for hydroxylation is 1. The van der Waals surface area contributed by atoms with Crippen LogP contribution in [-0.2, 0) is 0 Å². The van der Waals surface area contributed by atoms with Crippen LogP contribution in [0.1, 0.15) is 36.4 Å². The monoisotopic (exact) mass is 209 g/mol. The first-order valence-corrected chi connectivity index (χ1v) is 5.54. The van der Waals surface area contributed by atoms with Crippen LogP contribution in [0.25, 0.3) is 0 Å². The second kappa shape index (κ2) is 3.94. The zero-order chi connectivity index (χ0) is 10.9. The lowest BCUT2D eigenvalue weighted by atomic mass is 9.60. The second-order valence-corrected chi connectivity index (χ2v) is 4.63. The maximum absolute atomic E-state index is 9.54. The molecule has 0 unspecified atom stereocenters. The van der Waals surface area contributed by atoms with Gasteiger partial charge < -0.3 is 10.8 Å². The summed E-state index contributed by atoms with van der Waals surface area (Å²) in [6, 6.07) is 0. The molecule has 1 aliphatic rings. The summed E-state index contributed by atoms with van der Waals surface area (Å²) in [7, 11) is 0.